The topological polar surface area (TPSA) is 170 Å². The predicted octanol–water partition coefficient (Wildman–Crippen LogP) is 3.70. The number of allylic oxidation sites excluding steroid dienone is 2. The second-order valence-corrected chi connectivity index (χ2v) is 10.1. The van der Waals surface area contributed by atoms with E-state index in [-0.39, 0.29) is 34.2 Å². The first-order valence-electron chi connectivity index (χ1n) is 13.0. The number of primary amides is 1. The molecule has 11 nitrogen and oxygen atoms in total. The Morgan fingerprint density at radius 1 is 1.05 bits per heavy atom. The van der Waals surface area contributed by atoms with Crippen molar-refractivity contribution in [3.63, 3.8) is 0 Å². The molecule has 40 heavy (non-hydrogen) atoms. The minimum Gasteiger partial charge on any atom is -0.508 e. The highest BCUT2D eigenvalue weighted by Gasteiger charge is 2.32. The summed E-state index contributed by atoms with van der Waals surface area (Å²) in [4.78, 5) is 24.6. The Morgan fingerprint density at radius 2 is 1.73 bits per heavy atom. The number of phenolic OH excluding ortho intramolecular Hbond substituents is 2. The lowest BCUT2D eigenvalue weighted by atomic mass is 9.86. The molecule has 1 aromatic carbocycles. The lowest BCUT2D eigenvalue weighted by Crippen LogP contribution is -2.37. The molecule has 11 heteroatoms. The third kappa shape index (κ3) is 8.31. The van der Waals surface area contributed by atoms with Crippen LogP contribution in [0.25, 0.3) is 0 Å². The Morgan fingerprint density at radius 3 is 2.30 bits per heavy atom. The van der Waals surface area contributed by atoms with E-state index in [9.17, 15) is 24.9 Å². The van der Waals surface area contributed by atoms with Gasteiger partial charge in [0.05, 0.1) is 24.0 Å². The zero-order chi connectivity index (χ0) is 30.1. The number of fused-ring (bicyclic) bond motifs is 2. The summed E-state index contributed by atoms with van der Waals surface area (Å²) in [7, 11) is 4.39. The maximum absolute atomic E-state index is 12.9. The summed E-state index contributed by atoms with van der Waals surface area (Å²) < 4.78 is 22.3. The van der Waals surface area contributed by atoms with Gasteiger partial charge in [-0.2, -0.15) is 0 Å². The van der Waals surface area contributed by atoms with Crippen molar-refractivity contribution >= 4 is 17.7 Å². The summed E-state index contributed by atoms with van der Waals surface area (Å²) in [6.07, 6.45) is 1.78. The first-order valence-corrected chi connectivity index (χ1v) is 13.0. The molecule has 2 bridgehead atoms. The molecular weight excluding hydrogens is 520 g/mol. The lowest BCUT2D eigenvalue weighted by molar-refractivity contribution is -0.112. The molecule has 6 N–H and O–H groups in total. The summed E-state index contributed by atoms with van der Waals surface area (Å²) in [5.41, 5.74) is 6.48. The van der Waals surface area contributed by atoms with Crippen LogP contribution in [0.1, 0.15) is 45.8 Å². The standard InChI is InChI=1S/C29H42N2O9/c1-15-9-8-10-22(37-5)27(40-29(30)36)17(3)11-16(2)24(33)23(38-6)12-18(4)26(39-7)20-13-19(32)14-21(25(20)34)31-28(15)35/h8-11,13-14,16,18,22-24,26-27,32-34H,12H2,1-7H3,(H2,30,36)(H,31,35)/b10-8+,15-9-,17-11+/t16-,18-,22?,23?,24+,26?,27-/m0/s1. The third-order valence-corrected chi connectivity index (χ3v) is 7.07. The first-order chi connectivity index (χ1) is 18.8. The third-order valence-electron chi connectivity index (χ3n) is 7.07. The molecule has 1 aromatic rings. The van der Waals surface area contributed by atoms with Crippen molar-refractivity contribution in [2.24, 2.45) is 17.6 Å². The van der Waals surface area contributed by atoms with Crippen LogP contribution in [0.4, 0.5) is 10.5 Å². The Hall–Kier alpha value is -3.38. The van der Waals surface area contributed by atoms with Crippen molar-refractivity contribution in [1.82, 2.24) is 0 Å². The van der Waals surface area contributed by atoms with Gasteiger partial charge in [-0.1, -0.05) is 38.2 Å². The van der Waals surface area contributed by atoms with Gasteiger partial charge in [0.15, 0.2) is 6.10 Å². The molecule has 0 aliphatic carbocycles. The number of aliphatic hydroxyl groups is 1. The monoisotopic (exact) mass is 562 g/mol. The number of aliphatic hydroxyl groups excluding tert-OH is 1. The fourth-order valence-corrected chi connectivity index (χ4v) is 4.88. The Labute approximate surface area is 235 Å². The van der Waals surface area contributed by atoms with Crippen molar-refractivity contribution in [2.45, 2.75) is 64.6 Å². The summed E-state index contributed by atoms with van der Waals surface area (Å²) in [5.74, 6) is -1.70. The van der Waals surface area contributed by atoms with E-state index in [1.54, 1.807) is 39.0 Å². The predicted molar refractivity (Wildman–Crippen MR) is 150 cm³/mol. The molecule has 3 unspecified atom stereocenters. The second-order valence-electron chi connectivity index (χ2n) is 10.1. The van der Waals surface area contributed by atoms with Gasteiger partial charge in [0.25, 0.3) is 5.91 Å². The number of methoxy groups -OCH3 is 3. The molecule has 1 heterocycles. The maximum Gasteiger partial charge on any atom is 0.405 e. The number of amides is 2. The molecule has 222 valence electrons. The van der Waals surface area contributed by atoms with Crippen molar-refractivity contribution in [3.8, 4) is 11.5 Å². The molecule has 1 aliphatic heterocycles. The van der Waals surface area contributed by atoms with E-state index >= 15 is 0 Å². The van der Waals surface area contributed by atoms with Crippen LogP contribution in [0, 0.1) is 11.8 Å². The average molecular weight is 563 g/mol. The highest BCUT2D eigenvalue weighted by molar-refractivity contribution is 6.04. The summed E-state index contributed by atoms with van der Waals surface area (Å²) in [6.45, 7) is 6.97. The van der Waals surface area contributed by atoms with Gasteiger partial charge in [-0.3, -0.25) is 4.79 Å². The molecule has 2 amide bonds. The van der Waals surface area contributed by atoms with Crippen LogP contribution in [-0.4, -0.2) is 73.1 Å². The number of anilines is 1. The van der Waals surface area contributed by atoms with Gasteiger partial charge in [-0.25, -0.2) is 4.79 Å². The van der Waals surface area contributed by atoms with Crippen molar-refractivity contribution in [1.29, 1.82) is 0 Å². The van der Waals surface area contributed by atoms with Crippen LogP contribution < -0.4 is 11.1 Å². The largest absolute Gasteiger partial charge is 0.508 e. The van der Waals surface area contributed by atoms with Crippen LogP contribution in [-0.2, 0) is 23.7 Å². The highest BCUT2D eigenvalue weighted by Crippen LogP contribution is 2.41. The number of phenols is 2. The van der Waals surface area contributed by atoms with Crippen LogP contribution in [0.2, 0.25) is 0 Å². The van der Waals surface area contributed by atoms with Gasteiger partial charge in [0, 0.05) is 44.5 Å². The van der Waals surface area contributed by atoms with Crippen LogP contribution >= 0.6 is 0 Å². The zero-order valence-electron chi connectivity index (χ0n) is 24.1. The minimum atomic E-state index is -0.995. The van der Waals surface area contributed by atoms with Crippen molar-refractivity contribution < 1.29 is 43.9 Å². The number of aromatic hydroxyl groups is 2. The Kier molecular flexibility index (Phi) is 12.2. The quantitative estimate of drug-likeness (QED) is 0.209. The normalized spacial score (nSPS) is 32.2. The summed E-state index contributed by atoms with van der Waals surface area (Å²) >= 11 is 0. The van der Waals surface area contributed by atoms with E-state index in [1.807, 2.05) is 6.92 Å². The Bertz CT molecular complexity index is 1130. The second kappa shape index (κ2) is 14.8. The van der Waals surface area contributed by atoms with E-state index in [1.165, 1.54) is 39.5 Å². The van der Waals surface area contributed by atoms with E-state index < -0.39 is 48.4 Å². The number of nitrogens with two attached hydrogens (primary N) is 1. The number of hydrogen-bond donors (Lipinski definition) is 5. The lowest BCUT2D eigenvalue weighted by Gasteiger charge is -2.32. The number of hydrogen-bond acceptors (Lipinski definition) is 9. The molecule has 0 spiro atoms. The smallest absolute Gasteiger partial charge is 0.405 e. The molecule has 0 saturated carbocycles. The first kappa shape index (κ1) is 32.8. The van der Waals surface area contributed by atoms with Gasteiger partial charge >= 0.3 is 6.09 Å². The van der Waals surface area contributed by atoms with Crippen LogP contribution in [0.5, 0.6) is 11.5 Å². The number of nitrogens with one attached hydrogen (secondary N) is 1. The molecule has 0 fully saturated rings. The van der Waals surface area contributed by atoms with Gasteiger partial charge in [-0.15, -0.1) is 0 Å². The van der Waals surface area contributed by atoms with Gasteiger partial charge in [-0.05, 0) is 37.8 Å². The Balaban J connectivity index is 2.67. The van der Waals surface area contributed by atoms with Gasteiger partial charge in [0.2, 0.25) is 0 Å². The number of ether oxygens (including phenoxy) is 4. The fraction of sp³-hybridized carbons (Fsp3) is 0.517. The molecule has 0 radical (unpaired) electrons. The maximum atomic E-state index is 12.9. The summed E-state index contributed by atoms with van der Waals surface area (Å²) in [6, 6.07) is 2.62. The molecule has 1 aliphatic rings. The summed E-state index contributed by atoms with van der Waals surface area (Å²) in [5, 5.41) is 35.3. The van der Waals surface area contributed by atoms with Crippen molar-refractivity contribution in [3.05, 3.63) is 53.1 Å². The van der Waals surface area contributed by atoms with E-state index in [0.29, 0.717) is 12.0 Å². The highest BCUT2D eigenvalue weighted by atomic mass is 16.6. The SMILES string of the molecule is COC1c2cc(O)cc(c2O)NC(=O)/C(C)=C\C=C\C(OC)[C@@H](OC(N)=O)/C(C)=C/[C@H](C)[C@@H](O)C(OC)C[C@@H]1C. The average Bonchev–Trinajstić information content (AvgIpc) is 2.90. The number of rotatable bonds is 4. The van der Waals surface area contributed by atoms with Gasteiger partial charge < -0.3 is 45.3 Å². The minimum absolute atomic E-state index is 0.00496. The zero-order valence-corrected chi connectivity index (χ0v) is 24.1. The fourth-order valence-electron chi connectivity index (χ4n) is 4.88. The number of carbonyl (C=O) groups excluding carboxylic acids is 2. The molecule has 0 saturated heterocycles. The molecule has 7 atom stereocenters. The van der Waals surface area contributed by atoms with Crippen LogP contribution in [0.3, 0.4) is 0 Å². The van der Waals surface area contributed by atoms with Gasteiger partial charge in [0.1, 0.15) is 17.6 Å². The van der Waals surface area contributed by atoms with Crippen molar-refractivity contribution in [2.75, 3.05) is 26.6 Å². The van der Waals surface area contributed by atoms with E-state index in [2.05, 4.69) is 5.32 Å². The molecular formula is C29H42N2O9. The van der Waals surface area contributed by atoms with E-state index in [4.69, 9.17) is 24.7 Å². The number of carbonyl (C=O) groups is 2. The molecule has 0 aromatic heterocycles. The van der Waals surface area contributed by atoms with Crippen LogP contribution in [0.15, 0.2) is 47.6 Å². The van der Waals surface area contributed by atoms with E-state index in [0.717, 1.165) is 0 Å². The number of benzene rings is 1. The molecule has 2 rings (SSSR count).